The lowest BCUT2D eigenvalue weighted by Crippen LogP contribution is -2.50. The zero-order valence-electron chi connectivity index (χ0n) is 15.8. The minimum absolute atomic E-state index is 0.0566. The van der Waals surface area contributed by atoms with Crippen LogP contribution in [0, 0.1) is 18.8 Å². The van der Waals surface area contributed by atoms with Crippen molar-refractivity contribution in [2.45, 2.75) is 45.1 Å². The molecule has 0 radical (unpaired) electrons. The fourth-order valence-corrected chi connectivity index (χ4v) is 4.87. The second-order valence-corrected chi connectivity index (χ2v) is 8.53. The maximum atomic E-state index is 13.2. The molecule has 6 rings (SSSR count). The van der Waals surface area contributed by atoms with Crippen LogP contribution in [0.4, 0.5) is 0 Å². The third kappa shape index (κ3) is 2.84. The molecule has 0 N–H and O–H groups in total. The molecule has 2 atom stereocenters. The van der Waals surface area contributed by atoms with Gasteiger partial charge in [0.15, 0.2) is 5.76 Å². The summed E-state index contributed by atoms with van der Waals surface area (Å²) in [6.07, 6.45) is 5.67. The summed E-state index contributed by atoms with van der Waals surface area (Å²) in [6.45, 7) is 4.02. The monoisotopic (exact) mass is 366 g/mol. The first kappa shape index (κ1) is 16.8. The summed E-state index contributed by atoms with van der Waals surface area (Å²) < 4.78 is 5.90. The highest BCUT2D eigenvalue weighted by Crippen LogP contribution is 2.34. The molecule has 4 aliphatic rings. The van der Waals surface area contributed by atoms with E-state index in [1.54, 1.807) is 0 Å². The van der Waals surface area contributed by atoms with E-state index in [2.05, 4.69) is 4.90 Å². The molecule has 142 valence electrons. The Labute approximate surface area is 159 Å². The number of carbonyl (C=O) groups excluding carboxylic acids is 2. The van der Waals surface area contributed by atoms with Crippen LogP contribution in [0.2, 0.25) is 0 Å². The summed E-state index contributed by atoms with van der Waals surface area (Å²) in [5.74, 6) is 1.17. The van der Waals surface area contributed by atoms with Gasteiger partial charge in [-0.1, -0.05) is 24.6 Å². The number of nitrogens with zero attached hydrogens (tertiary/aromatic N) is 2. The van der Waals surface area contributed by atoms with Crippen LogP contribution in [-0.2, 0) is 4.79 Å². The Kier molecular flexibility index (Phi) is 3.99. The average Bonchev–Trinajstić information content (AvgIpc) is 2.88. The largest absolute Gasteiger partial charge is 0.451 e. The molecular weight excluding hydrogens is 340 g/mol. The number of fused-ring (bicyclic) bond motifs is 5. The minimum atomic E-state index is -0.0826. The van der Waals surface area contributed by atoms with E-state index in [4.69, 9.17) is 4.42 Å². The standard InChI is InChI=1S/C22H26N2O3/c1-14-4-2-7-16-10-19(27-20(14)16)22(26)23-12-17-8-9-18(13-23)24(21(17)25)11-15-5-3-6-15/h2,4,7,10,15,17-18H,3,5-6,8-9,11-13H2,1H3/t17-,18+/m1/s1. The smallest absolute Gasteiger partial charge is 0.289 e. The van der Waals surface area contributed by atoms with Crippen LogP contribution in [0.1, 0.15) is 48.2 Å². The van der Waals surface area contributed by atoms with Crippen molar-refractivity contribution in [3.05, 3.63) is 35.6 Å². The normalized spacial score (nSPS) is 25.7. The maximum Gasteiger partial charge on any atom is 0.289 e. The fraction of sp³-hybridized carbons (Fsp3) is 0.545. The third-order valence-electron chi connectivity index (χ3n) is 6.71. The van der Waals surface area contributed by atoms with E-state index in [9.17, 15) is 9.59 Å². The van der Waals surface area contributed by atoms with Crippen molar-refractivity contribution < 1.29 is 14.0 Å². The Morgan fingerprint density at radius 3 is 2.78 bits per heavy atom. The molecule has 5 nitrogen and oxygen atoms in total. The molecule has 1 aromatic heterocycles. The van der Waals surface area contributed by atoms with E-state index in [0.717, 1.165) is 35.9 Å². The zero-order valence-corrected chi connectivity index (χ0v) is 15.8. The molecule has 0 spiro atoms. The van der Waals surface area contributed by atoms with Gasteiger partial charge in [0.05, 0.1) is 5.92 Å². The predicted molar refractivity (Wildman–Crippen MR) is 102 cm³/mol. The lowest BCUT2D eigenvalue weighted by Gasteiger charge is -2.40. The molecule has 3 saturated heterocycles. The number of benzene rings is 1. The van der Waals surface area contributed by atoms with Gasteiger partial charge in [-0.25, -0.2) is 0 Å². The summed E-state index contributed by atoms with van der Waals surface area (Å²) in [5.41, 5.74) is 1.81. The number of aryl methyl sites for hydroxylation is 1. The van der Waals surface area contributed by atoms with Gasteiger partial charge < -0.3 is 14.2 Å². The SMILES string of the molecule is Cc1cccc2cc(C(=O)N3C[C@H]4CC[C@@H](C3)N(CC3CCC3)C4=O)oc12. The molecule has 4 fully saturated rings. The molecule has 4 heterocycles. The van der Waals surface area contributed by atoms with E-state index in [1.165, 1.54) is 19.3 Å². The van der Waals surface area contributed by atoms with Crippen LogP contribution in [-0.4, -0.2) is 47.3 Å². The molecule has 2 aromatic rings. The van der Waals surface area contributed by atoms with Gasteiger partial charge >= 0.3 is 0 Å². The number of hydrogen-bond donors (Lipinski definition) is 0. The summed E-state index contributed by atoms with van der Waals surface area (Å²) >= 11 is 0. The van der Waals surface area contributed by atoms with Gasteiger partial charge in [-0.05, 0) is 50.2 Å². The Hall–Kier alpha value is -2.30. The molecule has 1 aromatic carbocycles. The summed E-state index contributed by atoms with van der Waals surface area (Å²) in [6, 6.07) is 7.93. The highest BCUT2D eigenvalue weighted by molar-refractivity contribution is 5.97. The number of rotatable bonds is 3. The van der Waals surface area contributed by atoms with Crippen molar-refractivity contribution >= 4 is 22.8 Å². The zero-order chi connectivity index (χ0) is 18.5. The van der Waals surface area contributed by atoms with Crippen molar-refractivity contribution in [2.75, 3.05) is 19.6 Å². The number of hydrogen-bond acceptors (Lipinski definition) is 3. The molecule has 1 saturated carbocycles. The van der Waals surface area contributed by atoms with E-state index >= 15 is 0 Å². The summed E-state index contributed by atoms with van der Waals surface area (Å²) in [5, 5.41) is 0.957. The van der Waals surface area contributed by atoms with E-state index < -0.39 is 0 Å². The number of carbonyl (C=O) groups is 2. The maximum absolute atomic E-state index is 13.2. The third-order valence-corrected chi connectivity index (χ3v) is 6.71. The molecule has 1 aliphatic carbocycles. The van der Waals surface area contributed by atoms with Crippen molar-refractivity contribution in [1.29, 1.82) is 0 Å². The van der Waals surface area contributed by atoms with Crippen molar-refractivity contribution in [2.24, 2.45) is 11.8 Å². The van der Waals surface area contributed by atoms with E-state index in [1.807, 2.05) is 36.1 Å². The molecule has 2 bridgehead atoms. The molecule has 2 amide bonds. The van der Waals surface area contributed by atoms with E-state index in [0.29, 0.717) is 24.8 Å². The lowest BCUT2D eigenvalue weighted by molar-refractivity contribution is -0.141. The van der Waals surface area contributed by atoms with Crippen LogP contribution >= 0.6 is 0 Å². The Balaban J connectivity index is 1.39. The first-order chi connectivity index (χ1) is 13.1. The number of amides is 2. The average molecular weight is 366 g/mol. The predicted octanol–water partition coefficient (Wildman–Crippen LogP) is 3.60. The van der Waals surface area contributed by atoms with Gasteiger partial charge in [-0.3, -0.25) is 9.59 Å². The lowest BCUT2D eigenvalue weighted by atomic mass is 9.83. The highest BCUT2D eigenvalue weighted by Gasteiger charge is 2.43. The molecular formula is C22H26N2O3. The molecule has 27 heavy (non-hydrogen) atoms. The topological polar surface area (TPSA) is 53.8 Å². The van der Waals surface area contributed by atoms with Crippen LogP contribution in [0.3, 0.4) is 0 Å². The number of piperidine rings is 1. The van der Waals surface area contributed by atoms with Crippen molar-refractivity contribution in [3.63, 3.8) is 0 Å². The van der Waals surface area contributed by atoms with Crippen LogP contribution in [0.5, 0.6) is 0 Å². The van der Waals surface area contributed by atoms with Crippen molar-refractivity contribution in [3.8, 4) is 0 Å². The van der Waals surface area contributed by atoms with Gasteiger partial charge in [-0.15, -0.1) is 0 Å². The fourth-order valence-electron chi connectivity index (χ4n) is 4.87. The molecule has 0 unspecified atom stereocenters. The van der Waals surface area contributed by atoms with E-state index in [-0.39, 0.29) is 23.8 Å². The van der Waals surface area contributed by atoms with Crippen LogP contribution in [0.25, 0.3) is 11.0 Å². The Morgan fingerprint density at radius 2 is 2.04 bits per heavy atom. The second-order valence-electron chi connectivity index (χ2n) is 8.53. The number of para-hydroxylation sites is 1. The Bertz CT molecular complexity index is 898. The van der Waals surface area contributed by atoms with Gasteiger partial charge in [-0.2, -0.15) is 0 Å². The second kappa shape index (κ2) is 6.39. The van der Waals surface area contributed by atoms with Gasteiger partial charge in [0, 0.05) is 31.1 Å². The van der Waals surface area contributed by atoms with Gasteiger partial charge in [0.25, 0.3) is 5.91 Å². The molecule has 3 aliphatic heterocycles. The minimum Gasteiger partial charge on any atom is -0.451 e. The van der Waals surface area contributed by atoms with Crippen LogP contribution < -0.4 is 0 Å². The highest BCUT2D eigenvalue weighted by atomic mass is 16.3. The van der Waals surface area contributed by atoms with Gasteiger partial charge in [0.1, 0.15) is 5.58 Å². The summed E-state index contributed by atoms with van der Waals surface area (Å²) in [4.78, 5) is 30.0. The quantitative estimate of drug-likeness (QED) is 0.834. The van der Waals surface area contributed by atoms with Crippen LogP contribution in [0.15, 0.2) is 28.7 Å². The number of furan rings is 1. The summed E-state index contributed by atoms with van der Waals surface area (Å²) in [7, 11) is 0. The Morgan fingerprint density at radius 1 is 1.19 bits per heavy atom. The van der Waals surface area contributed by atoms with Crippen molar-refractivity contribution in [1.82, 2.24) is 9.80 Å². The first-order valence-electron chi connectivity index (χ1n) is 10.2. The molecule has 5 heteroatoms. The van der Waals surface area contributed by atoms with Gasteiger partial charge in [0.2, 0.25) is 5.91 Å². The first-order valence-corrected chi connectivity index (χ1v) is 10.2.